The Bertz CT molecular complexity index is 556. The average molecular weight is 336 g/mol. The summed E-state index contributed by atoms with van der Waals surface area (Å²) in [5, 5.41) is -8.09. The SMILES string of the molecule is [B]C1([B])OC([B])([B])C([B])([B])N(Cc2ccnc(Br)c2)C1([B])[B]. The summed E-state index contributed by atoms with van der Waals surface area (Å²) in [6, 6.07) is 3.42. The standard InChI is InChI=1S/C10H5B8BrN2O/c11-7(12)9(15,16)22-10(17,18)8(13,14)21(7)4-5-1-2-20-6(19)3-5/h1-3H,4H2. The second-order valence-corrected chi connectivity index (χ2v) is 6.22. The second-order valence-electron chi connectivity index (χ2n) is 5.41. The third-order valence-corrected chi connectivity index (χ3v) is 4.05. The van der Waals surface area contributed by atoms with Gasteiger partial charge in [0.1, 0.15) is 4.60 Å². The van der Waals surface area contributed by atoms with Crippen molar-refractivity contribution in [2.45, 2.75) is 28.0 Å². The minimum absolute atomic E-state index is 0.0524. The summed E-state index contributed by atoms with van der Waals surface area (Å²) in [5.41, 5.74) is 0.718. The smallest absolute Gasteiger partial charge is 0.106 e. The lowest BCUT2D eigenvalue weighted by Gasteiger charge is -2.70. The van der Waals surface area contributed by atoms with E-state index in [0.29, 0.717) is 4.60 Å². The van der Waals surface area contributed by atoms with Crippen LogP contribution in [0.3, 0.4) is 0 Å². The van der Waals surface area contributed by atoms with Gasteiger partial charge in [0.15, 0.2) is 0 Å². The Morgan fingerprint density at radius 3 is 1.95 bits per heavy atom. The van der Waals surface area contributed by atoms with Crippen molar-refractivity contribution < 1.29 is 4.74 Å². The van der Waals surface area contributed by atoms with E-state index in [1.165, 1.54) is 4.90 Å². The molecule has 0 bridgehead atoms. The summed E-state index contributed by atoms with van der Waals surface area (Å²) >= 11 is 3.25. The van der Waals surface area contributed by atoms with Crippen molar-refractivity contribution in [3.63, 3.8) is 0 Å². The van der Waals surface area contributed by atoms with Crippen LogP contribution in [0.15, 0.2) is 22.9 Å². The van der Waals surface area contributed by atoms with Crippen molar-refractivity contribution >= 4 is 78.7 Å². The quantitative estimate of drug-likeness (QED) is 0.447. The maximum atomic E-state index is 6.01. The third kappa shape index (κ3) is 2.91. The highest BCUT2D eigenvalue weighted by Gasteiger charge is 2.56. The number of nitrogens with zero attached hydrogens (tertiary/aromatic N) is 2. The molecular formula is C10H5B8BrN2O. The van der Waals surface area contributed by atoms with Crippen molar-refractivity contribution in [2.24, 2.45) is 0 Å². The first kappa shape index (κ1) is 18.4. The van der Waals surface area contributed by atoms with Crippen LogP contribution >= 0.6 is 15.9 Å². The fourth-order valence-corrected chi connectivity index (χ4v) is 2.57. The Balaban J connectivity index is 2.48. The van der Waals surface area contributed by atoms with Crippen LogP contribution in [0, 0.1) is 0 Å². The molecule has 0 N–H and O–H groups in total. The Labute approximate surface area is 149 Å². The van der Waals surface area contributed by atoms with Crippen LogP contribution in [-0.4, -0.2) is 94.1 Å². The van der Waals surface area contributed by atoms with Crippen LogP contribution in [0.25, 0.3) is 0 Å². The molecule has 1 aromatic heterocycles. The summed E-state index contributed by atoms with van der Waals surface area (Å²) in [5.74, 6) is 0. The number of aromatic nitrogens is 1. The number of halogens is 1. The molecule has 1 aromatic rings. The first-order valence-corrected chi connectivity index (χ1v) is 7.00. The number of hydrogen-bond donors (Lipinski definition) is 0. The normalized spacial score (nSPS) is 25.5. The molecule has 12 heteroatoms. The lowest BCUT2D eigenvalue weighted by Crippen LogP contribution is -2.85. The Morgan fingerprint density at radius 1 is 1.00 bits per heavy atom. The van der Waals surface area contributed by atoms with E-state index in [4.69, 9.17) is 67.5 Å². The number of hydrogen-bond acceptors (Lipinski definition) is 3. The van der Waals surface area contributed by atoms with Gasteiger partial charge in [-0.1, -0.05) is 0 Å². The van der Waals surface area contributed by atoms with Crippen molar-refractivity contribution in [3.05, 3.63) is 28.5 Å². The zero-order chi connectivity index (χ0) is 17.0. The molecule has 1 aliphatic heterocycles. The van der Waals surface area contributed by atoms with Crippen molar-refractivity contribution in [2.75, 3.05) is 0 Å². The molecule has 0 saturated carbocycles. The van der Waals surface area contributed by atoms with Crippen LogP contribution in [0.4, 0.5) is 0 Å². The minimum atomic E-state index is -2.09. The molecule has 0 atom stereocenters. The zero-order valence-corrected chi connectivity index (χ0v) is 13.3. The van der Waals surface area contributed by atoms with Gasteiger partial charge in [0.2, 0.25) is 0 Å². The molecule has 92 valence electrons. The molecule has 0 amide bonds. The second kappa shape index (κ2) is 5.56. The molecule has 2 heterocycles. The number of pyridine rings is 1. The monoisotopic (exact) mass is 336 g/mol. The lowest BCUT2D eigenvalue weighted by molar-refractivity contribution is -0.115. The van der Waals surface area contributed by atoms with E-state index in [9.17, 15) is 0 Å². The Morgan fingerprint density at radius 2 is 1.50 bits per heavy atom. The fraction of sp³-hybridized carbons (Fsp3) is 0.500. The van der Waals surface area contributed by atoms with E-state index in [-0.39, 0.29) is 6.54 Å². The summed E-state index contributed by atoms with van der Waals surface area (Å²) < 4.78 is 5.72. The van der Waals surface area contributed by atoms with E-state index in [1.807, 2.05) is 0 Å². The summed E-state index contributed by atoms with van der Waals surface area (Å²) in [6.45, 7) is 0.0524. The fourth-order valence-electron chi connectivity index (χ4n) is 2.16. The topological polar surface area (TPSA) is 25.4 Å². The predicted octanol–water partition coefficient (Wildman–Crippen LogP) is -2.36. The van der Waals surface area contributed by atoms with E-state index in [0.717, 1.165) is 5.56 Å². The van der Waals surface area contributed by atoms with Gasteiger partial charge in [0, 0.05) is 12.7 Å². The van der Waals surface area contributed by atoms with Crippen molar-refractivity contribution in [1.82, 2.24) is 9.88 Å². The summed E-state index contributed by atoms with van der Waals surface area (Å²) in [4.78, 5) is 5.20. The largest absolute Gasteiger partial charge is 0.406 e. The van der Waals surface area contributed by atoms with E-state index < -0.39 is 21.5 Å². The molecule has 1 fully saturated rings. The van der Waals surface area contributed by atoms with Gasteiger partial charge in [-0.2, -0.15) is 0 Å². The molecule has 1 saturated heterocycles. The van der Waals surface area contributed by atoms with Crippen LogP contribution in [-0.2, 0) is 11.3 Å². The highest BCUT2D eigenvalue weighted by Crippen LogP contribution is 2.40. The Kier molecular flexibility index (Phi) is 4.65. The van der Waals surface area contributed by atoms with Gasteiger partial charge < -0.3 is 9.64 Å². The molecule has 16 radical (unpaired) electrons. The van der Waals surface area contributed by atoms with Gasteiger partial charge in [-0.05, 0) is 55.1 Å². The molecule has 22 heavy (non-hydrogen) atoms. The van der Waals surface area contributed by atoms with Gasteiger partial charge in [0.05, 0.1) is 62.8 Å². The van der Waals surface area contributed by atoms with Crippen LogP contribution in [0.5, 0.6) is 0 Å². The number of ether oxygens (including phenoxy) is 1. The third-order valence-electron chi connectivity index (χ3n) is 3.61. The molecule has 3 nitrogen and oxygen atoms in total. The molecular weight excluding hydrogens is 331 g/mol. The van der Waals surface area contributed by atoms with E-state index in [2.05, 4.69) is 20.9 Å². The van der Waals surface area contributed by atoms with Crippen LogP contribution in [0.1, 0.15) is 5.56 Å². The van der Waals surface area contributed by atoms with Gasteiger partial charge in [-0.3, -0.25) is 0 Å². The maximum Gasteiger partial charge on any atom is 0.106 e. The van der Waals surface area contributed by atoms with Crippen LogP contribution < -0.4 is 0 Å². The Hall–Kier alpha value is 0.0695. The predicted molar refractivity (Wildman–Crippen MR) is 95.5 cm³/mol. The van der Waals surface area contributed by atoms with Gasteiger partial charge in [0.25, 0.3) is 0 Å². The van der Waals surface area contributed by atoms with Gasteiger partial charge in [-0.25, -0.2) is 4.98 Å². The molecule has 1 aliphatic rings. The van der Waals surface area contributed by atoms with Crippen molar-refractivity contribution in [1.29, 1.82) is 0 Å². The van der Waals surface area contributed by atoms with Gasteiger partial charge in [-0.15, -0.1) is 0 Å². The number of rotatable bonds is 2. The molecule has 0 aliphatic carbocycles. The van der Waals surface area contributed by atoms with Crippen molar-refractivity contribution in [3.8, 4) is 0 Å². The first-order chi connectivity index (χ1) is 9.81. The lowest BCUT2D eigenvalue weighted by atomic mass is 9.30. The van der Waals surface area contributed by atoms with Crippen LogP contribution in [0.2, 0.25) is 0 Å². The molecule has 2 rings (SSSR count). The maximum absolute atomic E-state index is 6.01. The summed E-state index contributed by atoms with van der Waals surface area (Å²) in [7, 11) is 47.2. The molecule has 0 unspecified atom stereocenters. The molecule has 0 aromatic carbocycles. The van der Waals surface area contributed by atoms with Gasteiger partial charge >= 0.3 is 0 Å². The molecule has 0 spiro atoms. The number of morpholine rings is 1. The summed E-state index contributed by atoms with van der Waals surface area (Å²) in [6.07, 6.45) is 1.57. The van der Waals surface area contributed by atoms with E-state index in [1.54, 1.807) is 18.3 Å². The van der Waals surface area contributed by atoms with E-state index >= 15 is 0 Å². The highest BCUT2D eigenvalue weighted by atomic mass is 79.9. The highest BCUT2D eigenvalue weighted by molar-refractivity contribution is 9.10. The first-order valence-electron chi connectivity index (χ1n) is 6.20. The minimum Gasteiger partial charge on any atom is -0.406 e. The average Bonchev–Trinajstić information content (AvgIpc) is 2.32. The zero-order valence-electron chi connectivity index (χ0n) is 11.7.